The lowest BCUT2D eigenvalue weighted by Gasteiger charge is -2.08. The van der Waals surface area contributed by atoms with Crippen molar-refractivity contribution in [3.05, 3.63) is 28.2 Å². The first-order valence-corrected chi connectivity index (χ1v) is 5.58. The summed E-state index contributed by atoms with van der Waals surface area (Å²) in [6.45, 7) is 3.67. The summed E-state index contributed by atoms with van der Waals surface area (Å²) in [5.41, 5.74) is 1.45. The maximum atomic E-state index is 11.4. The summed E-state index contributed by atoms with van der Waals surface area (Å²) in [7, 11) is 0. The van der Waals surface area contributed by atoms with E-state index in [0.29, 0.717) is 5.69 Å². The van der Waals surface area contributed by atoms with Crippen molar-refractivity contribution in [2.45, 2.75) is 13.8 Å². The highest BCUT2D eigenvalue weighted by molar-refractivity contribution is 9.10. The normalized spacial score (nSPS) is 9.69. The third-order valence-corrected chi connectivity index (χ3v) is 2.84. The van der Waals surface area contributed by atoms with Crippen molar-refractivity contribution >= 4 is 33.5 Å². The first-order valence-electron chi connectivity index (χ1n) is 4.79. The van der Waals surface area contributed by atoms with E-state index in [4.69, 9.17) is 0 Å². The minimum atomic E-state index is -0.873. The molecular weight excluding hydrogens is 274 g/mol. The van der Waals surface area contributed by atoms with E-state index in [1.165, 1.54) is 0 Å². The van der Waals surface area contributed by atoms with E-state index in [2.05, 4.69) is 26.0 Å². The quantitative estimate of drug-likeness (QED) is 0.670. The van der Waals surface area contributed by atoms with Crippen LogP contribution < -0.4 is 5.32 Å². The zero-order chi connectivity index (χ0) is 12.1. The summed E-state index contributed by atoms with van der Waals surface area (Å²) < 4.78 is 5.45. The molecular formula is C11H12BrNO3. The molecule has 5 heteroatoms. The number of benzene rings is 1. The van der Waals surface area contributed by atoms with Gasteiger partial charge >= 0.3 is 11.9 Å². The molecule has 86 valence electrons. The van der Waals surface area contributed by atoms with Crippen molar-refractivity contribution in [1.29, 1.82) is 0 Å². The molecule has 4 nitrogen and oxygen atoms in total. The summed E-state index contributed by atoms with van der Waals surface area (Å²) >= 11 is 3.34. The maximum Gasteiger partial charge on any atom is 0.397 e. The Labute approximate surface area is 102 Å². The average Bonchev–Trinajstić information content (AvgIpc) is 2.25. The predicted octanol–water partition coefficient (Wildman–Crippen LogP) is 2.26. The maximum absolute atomic E-state index is 11.4. The lowest BCUT2D eigenvalue weighted by Crippen LogP contribution is -2.25. The van der Waals surface area contributed by atoms with Crippen LogP contribution in [0, 0.1) is 6.92 Å². The molecule has 16 heavy (non-hydrogen) atoms. The molecule has 0 unspecified atom stereocenters. The van der Waals surface area contributed by atoms with Crippen LogP contribution in [-0.4, -0.2) is 18.5 Å². The molecule has 1 N–H and O–H groups in total. The van der Waals surface area contributed by atoms with Gasteiger partial charge in [0.1, 0.15) is 0 Å². The average molecular weight is 286 g/mol. The Morgan fingerprint density at radius 2 is 2.12 bits per heavy atom. The van der Waals surface area contributed by atoms with Crippen molar-refractivity contribution in [3.63, 3.8) is 0 Å². The van der Waals surface area contributed by atoms with E-state index in [1.54, 1.807) is 19.1 Å². The van der Waals surface area contributed by atoms with Crippen molar-refractivity contribution in [2.75, 3.05) is 11.9 Å². The van der Waals surface area contributed by atoms with Gasteiger partial charge in [0, 0.05) is 10.2 Å². The SMILES string of the molecule is CCOC(=O)C(=O)Nc1cccc(Br)c1C. The van der Waals surface area contributed by atoms with Crippen LogP contribution in [0.4, 0.5) is 5.69 Å². The van der Waals surface area contributed by atoms with Gasteiger partial charge in [-0.3, -0.25) is 4.79 Å². The van der Waals surface area contributed by atoms with Gasteiger partial charge in [0.2, 0.25) is 0 Å². The van der Waals surface area contributed by atoms with E-state index in [9.17, 15) is 9.59 Å². The summed E-state index contributed by atoms with van der Waals surface area (Å²) in [6.07, 6.45) is 0. The number of halogens is 1. The number of hydrogen-bond donors (Lipinski definition) is 1. The number of hydrogen-bond acceptors (Lipinski definition) is 3. The van der Waals surface area contributed by atoms with Gasteiger partial charge in [-0.15, -0.1) is 0 Å². The van der Waals surface area contributed by atoms with Crippen molar-refractivity contribution in [1.82, 2.24) is 0 Å². The molecule has 0 fully saturated rings. The summed E-state index contributed by atoms with van der Waals surface area (Å²) in [5.74, 6) is -1.63. The zero-order valence-corrected chi connectivity index (χ0v) is 10.6. The Balaban J connectivity index is 2.77. The molecule has 0 heterocycles. The highest BCUT2D eigenvalue weighted by atomic mass is 79.9. The van der Waals surface area contributed by atoms with Crippen LogP contribution in [0.15, 0.2) is 22.7 Å². The number of nitrogens with one attached hydrogen (secondary N) is 1. The number of ether oxygens (including phenoxy) is 1. The highest BCUT2D eigenvalue weighted by Gasteiger charge is 2.15. The Bertz CT molecular complexity index is 418. The second-order valence-corrected chi connectivity index (χ2v) is 3.94. The summed E-state index contributed by atoms with van der Waals surface area (Å²) in [5, 5.41) is 2.49. The number of amides is 1. The zero-order valence-electron chi connectivity index (χ0n) is 9.04. The lowest BCUT2D eigenvalue weighted by molar-refractivity contribution is -0.152. The largest absolute Gasteiger partial charge is 0.459 e. The molecule has 1 amide bonds. The highest BCUT2D eigenvalue weighted by Crippen LogP contribution is 2.23. The summed E-state index contributed by atoms with van der Waals surface area (Å²) in [6, 6.07) is 5.35. The molecule has 1 rings (SSSR count). The van der Waals surface area contributed by atoms with E-state index >= 15 is 0 Å². The first-order chi connectivity index (χ1) is 7.56. The van der Waals surface area contributed by atoms with Crippen LogP contribution in [0.5, 0.6) is 0 Å². The number of carbonyl (C=O) groups is 2. The standard InChI is InChI=1S/C11H12BrNO3/c1-3-16-11(15)10(14)13-9-6-4-5-8(12)7(9)2/h4-6H,3H2,1-2H3,(H,13,14). The van der Waals surface area contributed by atoms with Crippen LogP contribution in [-0.2, 0) is 14.3 Å². The van der Waals surface area contributed by atoms with Crippen LogP contribution >= 0.6 is 15.9 Å². The molecule has 0 aliphatic heterocycles. The van der Waals surface area contributed by atoms with Crippen molar-refractivity contribution in [3.8, 4) is 0 Å². The fraction of sp³-hybridized carbons (Fsp3) is 0.273. The van der Waals surface area contributed by atoms with Crippen molar-refractivity contribution < 1.29 is 14.3 Å². The number of rotatable bonds is 2. The van der Waals surface area contributed by atoms with E-state index in [1.807, 2.05) is 13.0 Å². The number of esters is 1. The Kier molecular flexibility index (Phi) is 4.49. The second-order valence-electron chi connectivity index (χ2n) is 3.09. The van der Waals surface area contributed by atoms with Gasteiger partial charge in [-0.1, -0.05) is 22.0 Å². The number of anilines is 1. The van der Waals surface area contributed by atoms with Gasteiger partial charge in [0.05, 0.1) is 6.61 Å². The molecule has 0 aliphatic rings. The fourth-order valence-corrected chi connectivity index (χ4v) is 1.48. The minimum Gasteiger partial charge on any atom is -0.459 e. The molecule has 1 aromatic rings. The molecule has 0 saturated carbocycles. The van der Waals surface area contributed by atoms with Crippen LogP contribution in [0.3, 0.4) is 0 Å². The molecule has 0 spiro atoms. The predicted molar refractivity (Wildman–Crippen MR) is 64.1 cm³/mol. The third-order valence-electron chi connectivity index (χ3n) is 1.98. The van der Waals surface area contributed by atoms with Gasteiger partial charge in [0.15, 0.2) is 0 Å². The summed E-state index contributed by atoms with van der Waals surface area (Å²) in [4.78, 5) is 22.5. The van der Waals surface area contributed by atoms with Crippen LogP contribution in [0.25, 0.3) is 0 Å². The van der Waals surface area contributed by atoms with Crippen LogP contribution in [0.2, 0.25) is 0 Å². The van der Waals surface area contributed by atoms with E-state index in [0.717, 1.165) is 10.0 Å². The van der Waals surface area contributed by atoms with Crippen molar-refractivity contribution in [2.24, 2.45) is 0 Å². The topological polar surface area (TPSA) is 55.4 Å². The van der Waals surface area contributed by atoms with Gasteiger partial charge < -0.3 is 10.1 Å². The molecule has 0 saturated heterocycles. The molecule has 1 aromatic carbocycles. The fourth-order valence-electron chi connectivity index (χ4n) is 1.11. The number of carbonyl (C=O) groups excluding carboxylic acids is 2. The van der Waals surface area contributed by atoms with E-state index < -0.39 is 11.9 Å². The molecule has 0 atom stereocenters. The third kappa shape index (κ3) is 3.06. The molecule has 0 bridgehead atoms. The minimum absolute atomic E-state index is 0.184. The van der Waals surface area contributed by atoms with Gasteiger partial charge in [0.25, 0.3) is 0 Å². The van der Waals surface area contributed by atoms with E-state index in [-0.39, 0.29) is 6.61 Å². The monoisotopic (exact) mass is 285 g/mol. The second kappa shape index (κ2) is 5.65. The smallest absolute Gasteiger partial charge is 0.397 e. The van der Waals surface area contributed by atoms with Gasteiger partial charge in [-0.25, -0.2) is 4.79 Å². The lowest BCUT2D eigenvalue weighted by atomic mass is 10.2. The van der Waals surface area contributed by atoms with Crippen LogP contribution in [0.1, 0.15) is 12.5 Å². The van der Waals surface area contributed by atoms with Gasteiger partial charge in [-0.05, 0) is 31.5 Å². The molecule has 0 radical (unpaired) electrons. The molecule has 0 aliphatic carbocycles. The Morgan fingerprint density at radius 1 is 1.44 bits per heavy atom. The van der Waals surface area contributed by atoms with Gasteiger partial charge in [-0.2, -0.15) is 0 Å². The molecule has 0 aromatic heterocycles. The Morgan fingerprint density at radius 3 is 2.75 bits per heavy atom. The Hall–Kier alpha value is -1.36. The first kappa shape index (κ1) is 12.7.